The highest BCUT2D eigenvalue weighted by Gasteiger charge is 2.08. The number of rotatable bonds is 8. The minimum atomic E-state index is -0.579. The van der Waals surface area contributed by atoms with Gasteiger partial charge < -0.3 is 14.8 Å². The Kier molecular flexibility index (Phi) is 6.50. The van der Waals surface area contributed by atoms with Gasteiger partial charge in [0, 0.05) is 5.69 Å². The van der Waals surface area contributed by atoms with Gasteiger partial charge in [-0.15, -0.1) is 0 Å². The topological polar surface area (TPSA) is 131 Å². The third-order valence-corrected chi connectivity index (χ3v) is 3.57. The number of nitrogens with zero attached hydrogens (tertiary/aromatic N) is 3. The van der Waals surface area contributed by atoms with Gasteiger partial charge in [0.05, 0.1) is 19.5 Å². The Labute approximate surface area is 165 Å². The minimum absolute atomic E-state index is 0.165. The Bertz CT molecular complexity index is 1050. The van der Waals surface area contributed by atoms with Crippen molar-refractivity contribution in [1.29, 1.82) is 0 Å². The number of methoxy groups -OCH3 is 1. The predicted octanol–water partition coefficient (Wildman–Crippen LogP) is 1.64. The van der Waals surface area contributed by atoms with Crippen molar-refractivity contribution in [3.8, 4) is 11.5 Å². The Morgan fingerprint density at radius 3 is 2.79 bits per heavy atom. The van der Waals surface area contributed by atoms with Gasteiger partial charge >= 0.3 is 5.69 Å². The summed E-state index contributed by atoms with van der Waals surface area (Å²) in [5.74, 6) is 0.784. The molecule has 0 aliphatic heterocycles. The summed E-state index contributed by atoms with van der Waals surface area (Å²) in [6, 6.07) is 14.2. The van der Waals surface area contributed by atoms with E-state index in [1.54, 1.807) is 30.3 Å². The lowest BCUT2D eigenvalue weighted by Gasteiger charge is -2.11. The molecule has 0 fully saturated rings. The Morgan fingerprint density at radius 2 is 2.03 bits per heavy atom. The normalized spacial score (nSPS) is 10.5. The summed E-state index contributed by atoms with van der Waals surface area (Å²) >= 11 is 0. The number of hydrogen-bond acceptors (Lipinski definition) is 8. The number of hydrogen-bond donors (Lipinski definition) is 3. The minimum Gasteiger partial charge on any atom is -0.493 e. The molecule has 148 valence electrons. The van der Waals surface area contributed by atoms with Gasteiger partial charge in [0.1, 0.15) is 0 Å². The number of amides is 1. The molecule has 0 unspecified atom stereocenters. The molecular formula is C19H18N6O4. The van der Waals surface area contributed by atoms with Gasteiger partial charge in [-0.3, -0.25) is 10.2 Å². The number of nitrogens with one attached hydrogen (secondary N) is 3. The number of para-hydroxylation sites is 1. The molecule has 3 rings (SSSR count). The van der Waals surface area contributed by atoms with Crippen LogP contribution in [0.5, 0.6) is 11.5 Å². The van der Waals surface area contributed by atoms with E-state index in [0.29, 0.717) is 22.7 Å². The quantitative estimate of drug-likeness (QED) is 0.391. The van der Waals surface area contributed by atoms with Gasteiger partial charge in [0.15, 0.2) is 23.9 Å². The number of carbonyl (C=O) groups excluding carboxylic acids is 1. The van der Waals surface area contributed by atoms with Crippen molar-refractivity contribution in [3.05, 3.63) is 70.8 Å². The largest absolute Gasteiger partial charge is 0.493 e. The molecule has 0 spiro atoms. The van der Waals surface area contributed by atoms with Crippen molar-refractivity contribution in [2.24, 2.45) is 5.10 Å². The van der Waals surface area contributed by atoms with E-state index in [9.17, 15) is 9.59 Å². The summed E-state index contributed by atoms with van der Waals surface area (Å²) in [6.45, 7) is -0.165. The summed E-state index contributed by atoms with van der Waals surface area (Å²) in [6.07, 6.45) is 2.84. The first kappa shape index (κ1) is 19.5. The molecule has 3 aromatic rings. The van der Waals surface area contributed by atoms with Crippen LogP contribution in [0.4, 0.5) is 11.5 Å². The zero-order chi connectivity index (χ0) is 20.5. The first-order chi connectivity index (χ1) is 14.1. The van der Waals surface area contributed by atoms with Crippen molar-refractivity contribution >= 4 is 23.6 Å². The van der Waals surface area contributed by atoms with Crippen molar-refractivity contribution < 1.29 is 14.3 Å². The Hall–Kier alpha value is -4.21. The Morgan fingerprint density at radius 1 is 1.21 bits per heavy atom. The van der Waals surface area contributed by atoms with Gasteiger partial charge in [-0.05, 0) is 35.9 Å². The second-order valence-electron chi connectivity index (χ2n) is 5.66. The molecule has 0 saturated heterocycles. The number of ether oxygens (including phenoxy) is 2. The van der Waals surface area contributed by atoms with Crippen molar-refractivity contribution in [2.45, 2.75) is 0 Å². The predicted molar refractivity (Wildman–Crippen MR) is 107 cm³/mol. The molecule has 0 aliphatic carbocycles. The number of hydrazone groups is 1. The van der Waals surface area contributed by atoms with Gasteiger partial charge in [0.2, 0.25) is 0 Å². The van der Waals surface area contributed by atoms with Crippen LogP contribution in [-0.4, -0.2) is 41.0 Å². The maximum absolute atomic E-state index is 12.0. The van der Waals surface area contributed by atoms with E-state index < -0.39 is 5.69 Å². The van der Waals surface area contributed by atoms with E-state index in [-0.39, 0.29) is 18.3 Å². The fourth-order valence-electron chi connectivity index (χ4n) is 2.28. The van der Waals surface area contributed by atoms with E-state index in [2.05, 4.69) is 31.0 Å². The monoisotopic (exact) mass is 394 g/mol. The fraction of sp³-hybridized carbons (Fsp3) is 0.105. The summed E-state index contributed by atoms with van der Waals surface area (Å²) < 4.78 is 10.9. The molecule has 0 bridgehead atoms. The highest BCUT2D eigenvalue weighted by atomic mass is 16.5. The first-order valence-electron chi connectivity index (χ1n) is 8.50. The van der Waals surface area contributed by atoms with Crippen molar-refractivity contribution in [3.63, 3.8) is 0 Å². The molecule has 0 radical (unpaired) electrons. The molecule has 1 heterocycles. The van der Waals surface area contributed by atoms with Crippen LogP contribution >= 0.6 is 0 Å². The van der Waals surface area contributed by atoms with Crippen LogP contribution in [0.15, 0.2) is 64.6 Å². The molecule has 0 saturated carbocycles. The SMILES string of the molecule is COc1cc(/C=N/Nc2cn[nH]c(=O)n2)ccc1OCC(=O)Nc1ccccc1. The molecule has 29 heavy (non-hydrogen) atoms. The third-order valence-electron chi connectivity index (χ3n) is 3.57. The van der Waals surface area contributed by atoms with Gasteiger partial charge in [0.25, 0.3) is 5.91 Å². The van der Waals surface area contributed by atoms with E-state index in [0.717, 1.165) is 0 Å². The van der Waals surface area contributed by atoms with Gasteiger partial charge in [-0.25, -0.2) is 9.89 Å². The molecule has 3 N–H and O–H groups in total. The number of anilines is 2. The first-order valence-corrected chi connectivity index (χ1v) is 8.50. The number of carbonyl (C=O) groups is 1. The van der Waals surface area contributed by atoms with Gasteiger partial charge in [-0.1, -0.05) is 18.2 Å². The van der Waals surface area contributed by atoms with E-state index >= 15 is 0 Å². The zero-order valence-electron chi connectivity index (χ0n) is 15.5. The van der Waals surface area contributed by atoms with Crippen LogP contribution < -0.4 is 25.9 Å². The summed E-state index contributed by atoms with van der Waals surface area (Å²) in [4.78, 5) is 26.7. The Balaban J connectivity index is 1.58. The van der Waals surface area contributed by atoms with Crippen LogP contribution in [-0.2, 0) is 4.79 Å². The maximum atomic E-state index is 12.0. The second-order valence-corrected chi connectivity index (χ2v) is 5.66. The van der Waals surface area contributed by atoms with Crippen LogP contribution in [0.2, 0.25) is 0 Å². The van der Waals surface area contributed by atoms with Gasteiger partial charge in [-0.2, -0.15) is 15.2 Å². The molecule has 10 heteroatoms. The van der Waals surface area contributed by atoms with Crippen LogP contribution in [0, 0.1) is 0 Å². The van der Waals surface area contributed by atoms with Crippen LogP contribution in [0.25, 0.3) is 0 Å². The third kappa shape index (κ3) is 5.89. The molecule has 2 aromatic carbocycles. The second kappa shape index (κ2) is 9.65. The summed E-state index contributed by atoms with van der Waals surface area (Å²) in [5, 5.41) is 12.5. The van der Waals surface area contributed by atoms with E-state index in [1.165, 1.54) is 19.5 Å². The van der Waals surface area contributed by atoms with E-state index in [1.807, 2.05) is 18.2 Å². The highest BCUT2D eigenvalue weighted by Crippen LogP contribution is 2.27. The number of aromatic nitrogens is 3. The summed E-state index contributed by atoms with van der Waals surface area (Å²) in [5.41, 5.74) is 3.42. The lowest BCUT2D eigenvalue weighted by atomic mass is 10.2. The number of H-pyrrole nitrogens is 1. The lowest BCUT2D eigenvalue weighted by molar-refractivity contribution is -0.118. The van der Waals surface area contributed by atoms with Crippen molar-refractivity contribution in [2.75, 3.05) is 24.5 Å². The molecule has 1 amide bonds. The fourth-order valence-corrected chi connectivity index (χ4v) is 2.28. The standard InChI is InChI=1S/C19H18N6O4/c1-28-16-9-13(10-20-24-17-11-21-25-19(27)23-17)7-8-15(16)29-12-18(26)22-14-5-3-2-4-6-14/h2-11H,12H2,1H3,(H,22,26)(H2,23,24,25,27)/b20-10+. The molecular weight excluding hydrogens is 376 g/mol. The molecule has 0 aliphatic rings. The average molecular weight is 394 g/mol. The lowest BCUT2D eigenvalue weighted by Crippen LogP contribution is -2.20. The average Bonchev–Trinajstić information content (AvgIpc) is 2.73. The smallest absolute Gasteiger partial charge is 0.363 e. The zero-order valence-corrected chi connectivity index (χ0v) is 15.5. The van der Waals surface area contributed by atoms with Crippen molar-refractivity contribution in [1.82, 2.24) is 15.2 Å². The number of aromatic amines is 1. The maximum Gasteiger partial charge on any atom is 0.363 e. The molecule has 1 aromatic heterocycles. The van der Waals surface area contributed by atoms with Crippen LogP contribution in [0.1, 0.15) is 5.56 Å². The highest BCUT2D eigenvalue weighted by molar-refractivity contribution is 5.91. The molecule has 0 atom stereocenters. The summed E-state index contributed by atoms with van der Waals surface area (Å²) in [7, 11) is 1.50. The number of benzene rings is 2. The molecule has 10 nitrogen and oxygen atoms in total. The van der Waals surface area contributed by atoms with Crippen LogP contribution in [0.3, 0.4) is 0 Å². The van der Waals surface area contributed by atoms with E-state index in [4.69, 9.17) is 9.47 Å².